The van der Waals surface area contributed by atoms with Crippen molar-refractivity contribution in [1.29, 1.82) is 0 Å². The third-order valence-electron chi connectivity index (χ3n) is 3.39. The Balaban J connectivity index is 2.18. The molecule has 0 spiro atoms. The minimum atomic E-state index is -0.777. The number of hydrogen-bond acceptors (Lipinski definition) is 3. The van der Waals surface area contributed by atoms with Gasteiger partial charge >= 0.3 is 5.97 Å². The molecule has 1 rings (SSSR count). The number of carboxylic acid groups (broad SMARTS) is 1. The van der Waals surface area contributed by atoms with Gasteiger partial charge in [-0.25, -0.2) is 0 Å². The third kappa shape index (κ3) is 4.00. The van der Waals surface area contributed by atoms with E-state index in [9.17, 15) is 9.59 Å². The van der Waals surface area contributed by atoms with Gasteiger partial charge in [0.2, 0.25) is 5.91 Å². The molecule has 0 aliphatic carbocycles. The largest absolute Gasteiger partial charge is 0.481 e. The fraction of sp³-hybridized carbons (Fsp3) is 0.833. The van der Waals surface area contributed by atoms with Gasteiger partial charge in [-0.2, -0.15) is 0 Å². The van der Waals surface area contributed by atoms with Crippen LogP contribution >= 0.6 is 0 Å². The van der Waals surface area contributed by atoms with E-state index >= 15 is 0 Å². The molecule has 0 radical (unpaired) electrons. The van der Waals surface area contributed by atoms with Crippen LogP contribution in [0.2, 0.25) is 0 Å². The van der Waals surface area contributed by atoms with E-state index in [1.165, 1.54) is 0 Å². The highest BCUT2D eigenvalue weighted by molar-refractivity contribution is 5.86. The molecule has 0 bridgehead atoms. The van der Waals surface area contributed by atoms with Crippen LogP contribution in [0.3, 0.4) is 0 Å². The van der Waals surface area contributed by atoms with Crippen molar-refractivity contribution >= 4 is 11.9 Å². The van der Waals surface area contributed by atoms with Crippen LogP contribution in [0.1, 0.15) is 39.5 Å². The van der Waals surface area contributed by atoms with Crippen molar-refractivity contribution in [3.63, 3.8) is 0 Å². The number of aliphatic carboxylic acids is 1. The molecule has 0 aromatic heterocycles. The molecule has 1 amide bonds. The maximum absolute atomic E-state index is 11.9. The van der Waals surface area contributed by atoms with Gasteiger partial charge in [-0.15, -0.1) is 0 Å². The monoisotopic (exact) mass is 242 g/mol. The zero-order valence-corrected chi connectivity index (χ0v) is 10.6. The Morgan fingerprint density at radius 1 is 1.53 bits per heavy atom. The Labute approximate surface area is 102 Å². The first-order valence-corrected chi connectivity index (χ1v) is 6.22. The molecular formula is C12H22N2O3. The summed E-state index contributed by atoms with van der Waals surface area (Å²) in [6.45, 7) is 5.03. The topological polar surface area (TPSA) is 78.4 Å². The lowest BCUT2D eigenvalue weighted by atomic mass is 9.99. The van der Waals surface area contributed by atoms with Gasteiger partial charge in [0, 0.05) is 6.54 Å². The van der Waals surface area contributed by atoms with Crippen LogP contribution < -0.4 is 10.6 Å². The van der Waals surface area contributed by atoms with Crippen LogP contribution in [0.15, 0.2) is 0 Å². The second kappa shape index (κ2) is 6.00. The van der Waals surface area contributed by atoms with Crippen LogP contribution in [0.5, 0.6) is 0 Å². The summed E-state index contributed by atoms with van der Waals surface area (Å²) in [5.41, 5.74) is -0.432. The van der Waals surface area contributed by atoms with E-state index in [0.717, 1.165) is 19.4 Å². The highest BCUT2D eigenvalue weighted by Gasteiger charge is 2.35. The van der Waals surface area contributed by atoms with E-state index in [1.54, 1.807) is 6.92 Å². The average molecular weight is 242 g/mol. The lowest BCUT2D eigenvalue weighted by molar-refractivity contribution is -0.141. The minimum absolute atomic E-state index is 0.0259. The first-order valence-electron chi connectivity index (χ1n) is 6.22. The van der Waals surface area contributed by atoms with Crippen LogP contribution in [0, 0.1) is 5.92 Å². The van der Waals surface area contributed by atoms with E-state index < -0.39 is 11.5 Å². The van der Waals surface area contributed by atoms with Crippen LogP contribution in [-0.2, 0) is 9.59 Å². The van der Waals surface area contributed by atoms with E-state index in [0.29, 0.717) is 19.4 Å². The zero-order chi connectivity index (χ0) is 12.9. The highest BCUT2D eigenvalue weighted by Crippen LogP contribution is 2.18. The SMILES string of the molecule is CC(CCCNC(=O)C1(C)CCCN1)C(=O)O. The molecule has 17 heavy (non-hydrogen) atoms. The van der Waals surface area contributed by atoms with Gasteiger partial charge in [0.15, 0.2) is 0 Å². The maximum atomic E-state index is 11.9. The Morgan fingerprint density at radius 2 is 2.24 bits per heavy atom. The number of carboxylic acids is 1. The molecule has 0 saturated carbocycles. The predicted molar refractivity (Wildman–Crippen MR) is 64.7 cm³/mol. The first-order chi connectivity index (χ1) is 7.96. The number of hydrogen-bond donors (Lipinski definition) is 3. The second-order valence-electron chi connectivity index (χ2n) is 5.00. The second-order valence-corrected chi connectivity index (χ2v) is 5.00. The van der Waals surface area contributed by atoms with E-state index in [2.05, 4.69) is 10.6 Å². The Bertz CT molecular complexity index is 285. The van der Waals surface area contributed by atoms with Gasteiger partial charge in [-0.3, -0.25) is 9.59 Å². The molecule has 1 aliphatic rings. The molecule has 5 nitrogen and oxygen atoms in total. The Hall–Kier alpha value is -1.10. The molecule has 1 aliphatic heterocycles. The molecule has 2 atom stereocenters. The number of carbonyl (C=O) groups is 2. The van der Waals surface area contributed by atoms with Gasteiger partial charge in [-0.05, 0) is 39.2 Å². The Morgan fingerprint density at radius 3 is 2.76 bits per heavy atom. The van der Waals surface area contributed by atoms with Gasteiger partial charge in [0.05, 0.1) is 11.5 Å². The summed E-state index contributed by atoms with van der Waals surface area (Å²) in [6.07, 6.45) is 3.19. The first kappa shape index (κ1) is 14.0. The number of nitrogens with one attached hydrogen (secondary N) is 2. The third-order valence-corrected chi connectivity index (χ3v) is 3.39. The lowest BCUT2D eigenvalue weighted by Crippen LogP contribution is -2.51. The van der Waals surface area contributed by atoms with Crippen molar-refractivity contribution in [2.24, 2.45) is 5.92 Å². The minimum Gasteiger partial charge on any atom is -0.481 e. The van der Waals surface area contributed by atoms with Crippen molar-refractivity contribution < 1.29 is 14.7 Å². The summed E-state index contributed by atoms with van der Waals surface area (Å²) >= 11 is 0. The molecule has 1 saturated heterocycles. The zero-order valence-electron chi connectivity index (χ0n) is 10.6. The lowest BCUT2D eigenvalue weighted by Gasteiger charge is -2.23. The molecule has 5 heteroatoms. The molecule has 2 unspecified atom stereocenters. The summed E-state index contributed by atoms with van der Waals surface area (Å²) in [5, 5.41) is 14.8. The summed E-state index contributed by atoms with van der Waals surface area (Å²) in [7, 11) is 0. The summed E-state index contributed by atoms with van der Waals surface area (Å²) in [4.78, 5) is 22.4. The fourth-order valence-electron chi connectivity index (χ4n) is 2.02. The maximum Gasteiger partial charge on any atom is 0.306 e. The summed E-state index contributed by atoms with van der Waals surface area (Å²) in [5.74, 6) is -1.09. The van der Waals surface area contributed by atoms with Crippen molar-refractivity contribution in [1.82, 2.24) is 10.6 Å². The van der Waals surface area contributed by atoms with Crippen molar-refractivity contribution in [3.8, 4) is 0 Å². The highest BCUT2D eigenvalue weighted by atomic mass is 16.4. The molecule has 1 fully saturated rings. The summed E-state index contributed by atoms with van der Waals surface area (Å²) < 4.78 is 0. The quantitative estimate of drug-likeness (QED) is 0.600. The van der Waals surface area contributed by atoms with E-state index in [-0.39, 0.29) is 11.8 Å². The van der Waals surface area contributed by atoms with Crippen molar-refractivity contribution in [2.75, 3.05) is 13.1 Å². The molecule has 0 aromatic rings. The standard InChI is InChI=1S/C12H22N2O3/c1-9(10(15)16)5-3-7-13-11(17)12(2)6-4-8-14-12/h9,14H,3-8H2,1-2H3,(H,13,17)(H,15,16). The molecule has 3 N–H and O–H groups in total. The number of rotatable bonds is 6. The predicted octanol–water partition coefficient (Wildman–Crippen LogP) is 0.746. The number of carbonyl (C=O) groups excluding carboxylic acids is 1. The van der Waals surface area contributed by atoms with Crippen LogP contribution in [0.4, 0.5) is 0 Å². The van der Waals surface area contributed by atoms with E-state index in [4.69, 9.17) is 5.11 Å². The molecule has 98 valence electrons. The molecule has 1 heterocycles. The van der Waals surface area contributed by atoms with Gasteiger partial charge in [0.25, 0.3) is 0 Å². The van der Waals surface area contributed by atoms with Crippen LogP contribution in [-0.4, -0.2) is 35.6 Å². The summed E-state index contributed by atoms with van der Waals surface area (Å²) in [6, 6.07) is 0. The van der Waals surface area contributed by atoms with Crippen molar-refractivity contribution in [3.05, 3.63) is 0 Å². The average Bonchev–Trinajstić information content (AvgIpc) is 2.72. The normalized spacial score (nSPS) is 25.5. The molecular weight excluding hydrogens is 220 g/mol. The Kier molecular flexibility index (Phi) is 4.93. The van der Waals surface area contributed by atoms with E-state index in [1.807, 2.05) is 6.92 Å². The van der Waals surface area contributed by atoms with Crippen molar-refractivity contribution in [2.45, 2.75) is 45.1 Å². The number of amides is 1. The van der Waals surface area contributed by atoms with Gasteiger partial charge in [0.1, 0.15) is 0 Å². The molecule has 0 aromatic carbocycles. The van der Waals surface area contributed by atoms with Gasteiger partial charge in [-0.1, -0.05) is 6.92 Å². The fourth-order valence-corrected chi connectivity index (χ4v) is 2.02. The smallest absolute Gasteiger partial charge is 0.306 e. The van der Waals surface area contributed by atoms with Gasteiger partial charge < -0.3 is 15.7 Å². The van der Waals surface area contributed by atoms with Crippen LogP contribution in [0.25, 0.3) is 0 Å².